The van der Waals surface area contributed by atoms with Crippen molar-refractivity contribution in [3.05, 3.63) is 34.1 Å². The number of nitrogens with two attached hydrogens (primary N) is 1. The Balaban J connectivity index is 2.78. The molecular weight excluding hydrogens is 182 g/mol. The van der Waals surface area contributed by atoms with E-state index in [0.717, 1.165) is 6.42 Å². The minimum atomic E-state index is -0.428. The quantitative estimate of drug-likeness (QED) is 0.579. The van der Waals surface area contributed by atoms with Gasteiger partial charge in [0.1, 0.15) is 0 Å². The van der Waals surface area contributed by atoms with Crippen molar-refractivity contribution in [2.24, 2.45) is 5.73 Å². The highest BCUT2D eigenvalue weighted by Gasteiger charge is 2.08. The standard InChI is InChI=1S/C9H13N3O2/c1-2-7(10)5-8-6-9(12(13)14)3-4-11-8/h3-4,6-7H,2,5,10H2,1H3. The van der Waals surface area contributed by atoms with Crippen molar-refractivity contribution in [3.8, 4) is 0 Å². The molecule has 0 bridgehead atoms. The first-order valence-corrected chi connectivity index (χ1v) is 4.48. The third-order valence-electron chi connectivity index (χ3n) is 2.01. The van der Waals surface area contributed by atoms with Gasteiger partial charge in [-0.05, 0) is 6.42 Å². The molecule has 0 spiro atoms. The van der Waals surface area contributed by atoms with Gasteiger partial charge in [0, 0.05) is 36.5 Å². The van der Waals surface area contributed by atoms with Gasteiger partial charge in [0.2, 0.25) is 0 Å². The van der Waals surface area contributed by atoms with E-state index in [-0.39, 0.29) is 11.7 Å². The predicted molar refractivity (Wildman–Crippen MR) is 52.9 cm³/mol. The van der Waals surface area contributed by atoms with Gasteiger partial charge >= 0.3 is 0 Å². The van der Waals surface area contributed by atoms with Crippen molar-refractivity contribution in [1.29, 1.82) is 0 Å². The van der Waals surface area contributed by atoms with Gasteiger partial charge in [0.15, 0.2) is 0 Å². The summed E-state index contributed by atoms with van der Waals surface area (Å²) in [4.78, 5) is 14.1. The van der Waals surface area contributed by atoms with Gasteiger partial charge in [0.25, 0.3) is 5.69 Å². The summed E-state index contributed by atoms with van der Waals surface area (Å²) < 4.78 is 0. The summed E-state index contributed by atoms with van der Waals surface area (Å²) in [5, 5.41) is 10.5. The fourth-order valence-electron chi connectivity index (χ4n) is 1.10. The molecule has 0 amide bonds. The predicted octanol–water partition coefficient (Wildman–Crippen LogP) is 1.27. The highest BCUT2D eigenvalue weighted by atomic mass is 16.6. The second-order valence-corrected chi connectivity index (χ2v) is 3.13. The van der Waals surface area contributed by atoms with Gasteiger partial charge < -0.3 is 5.73 Å². The number of pyridine rings is 1. The molecular formula is C9H13N3O2. The van der Waals surface area contributed by atoms with E-state index in [4.69, 9.17) is 5.73 Å². The van der Waals surface area contributed by atoms with Crippen molar-refractivity contribution in [1.82, 2.24) is 4.98 Å². The lowest BCUT2D eigenvalue weighted by Gasteiger charge is -2.06. The molecule has 1 atom stereocenters. The molecule has 0 saturated heterocycles. The highest BCUT2D eigenvalue weighted by molar-refractivity contribution is 5.29. The Morgan fingerprint density at radius 2 is 2.43 bits per heavy atom. The molecule has 1 unspecified atom stereocenters. The van der Waals surface area contributed by atoms with E-state index < -0.39 is 4.92 Å². The Kier molecular flexibility index (Phi) is 3.53. The molecule has 0 aromatic carbocycles. The summed E-state index contributed by atoms with van der Waals surface area (Å²) in [6.45, 7) is 1.97. The molecule has 1 heterocycles. The first kappa shape index (κ1) is 10.6. The molecule has 1 aromatic rings. The summed E-state index contributed by atoms with van der Waals surface area (Å²) in [7, 11) is 0. The summed E-state index contributed by atoms with van der Waals surface area (Å²) in [6, 6.07) is 2.86. The molecule has 14 heavy (non-hydrogen) atoms. The van der Waals surface area contributed by atoms with Crippen molar-refractivity contribution in [2.75, 3.05) is 0 Å². The lowest BCUT2D eigenvalue weighted by molar-refractivity contribution is -0.385. The first-order valence-electron chi connectivity index (χ1n) is 4.48. The van der Waals surface area contributed by atoms with E-state index in [2.05, 4.69) is 4.98 Å². The summed E-state index contributed by atoms with van der Waals surface area (Å²) in [5.74, 6) is 0. The maximum Gasteiger partial charge on any atom is 0.272 e. The average molecular weight is 195 g/mol. The van der Waals surface area contributed by atoms with Crippen molar-refractivity contribution < 1.29 is 4.92 Å². The Morgan fingerprint density at radius 1 is 1.71 bits per heavy atom. The molecule has 0 fully saturated rings. The molecule has 0 aliphatic carbocycles. The maximum absolute atomic E-state index is 10.5. The largest absolute Gasteiger partial charge is 0.327 e. The molecule has 5 nitrogen and oxygen atoms in total. The van der Waals surface area contributed by atoms with Crippen LogP contribution in [0.25, 0.3) is 0 Å². The van der Waals surface area contributed by atoms with E-state index >= 15 is 0 Å². The molecule has 2 N–H and O–H groups in total. The maximum atomic E-state index is 10.5. The Labute approximate surface area is 82.1 Å². The van der Waals surface area contributed by atoms with Crippen LogP contribution in [0.2, 0.25) is 0 Å². The van der Waals surface area contributed by atoms with Crippen LogP contribution in [-0.2, 0) is 6.42 Å². The topological polar surface area (TPSA) is 82.0 Å². The smallest absolute Gasteiger partial charge is 0.272 e. The number of aromatic nitrogens is 1. The molecule has 76 valence electrons. The van der Waals surface area contributed by atoms with Gasteiger partial charge in [-0.1, -0.05) is 6.92 Å². The first-order chi connectivity index (χ1) is 6.63. The SMILES string of the molecule is CCC(N)Cc1cc([N+](=O)[O-])ccn1. The van der Waals surface area contributed by atoms with Crippen LogP contribution in [-0.4, -0.2) is 15.9 Å². The molecule has 1 rings (SSSR count). The van der Waals surface area contributed by atoms with E-state index in [1.165, 1.54) is 18.3 Å². The molecule has 0 aliphatic rings. The summed E-state index contributed by atoms with van der Waals surface area (Å²) in [6.07, 6.45) is 2.86. The third-order valence-corrected chi connectivity index (χ3v) is 2.01. The molecule has 1 aromatic heterocycles. The van der Waals surface area contributed by atoms with Crippen molar-refractivity contribution in [2.45, 2.75) is 25.8 Å². The number of nitrogens with zero attached hydrogens (tertiary/aromatic N) is 2. The van der Waals surface area contributed by atoms with E-state index in [1.54, 1.807) is 0 Å². The number of rotatable bonds is 4. The van der Waals surface area contributed by atoms with Crippen molar-refractivity contribution >= 4 is 5.69 Å². The Hall–Kier alpha value is -1.49. The minimum Gasteiger partial charge on any atom is -0.327 e. The molecule has 0 aliphatic heterocycles. The van der Waals surface area contributed by atoms with Crippen LogP contribution in [0.5, 0.6) is 0 Å². The van der Waals surface area contributed by atoms with Gasteiger partial charge in [-0.3, -0.25) is 15.1 Å². The van der Waals surface area contributed by atoms with Crippen LogP contribution in [0.4, 0.5) is 5.69 Å². The second-order valence-electron chi connectivity index (χ2n) is 3.13. The van der Waals surface area contributed by atoms with Crippen LogP contribution in [0.3, 0.4) is 0 Å². The fourth-order valence-corrected chi connectivity index (χ4v) is 1.10. The summed E-state index contributed by atoms with van der Waals surface area (Å²) in [5.41, 5.74) is 6.46. The zero-order valence-corrected chi connectivity index (χ0v) is 8.01. The van der Waals surface area contributed by atoms with Gasteiger partial charge in [-0.15, -0.1) is 0 Å². The average Bonchev–Trinajstić information content (AvgIpc) is 2.18. The van der Waals surface area contributed by atoms with Crippen molar-refractivity contribution in [3.63, 3.8) is 0 Å². The Bertz CT molecular complexity index is 328. The Morgan fingerprint density at radius 3 is 3.00 bits per heavy atom. The summed E-state index contributed by atoms with van der Waals surface area (Å²) >= 11 is 0. The zero-order chi connectivity index (χ0) is 10.6. The molecule has 0 saturated carbocycles. The lowest BCUT2D eigenvalue weighted by atomic mass is 10.1. The molecule has 5 heteroatoms. The monoisotopic (exact) mass is 195 g/mol. The minimum absolute atomic E-state index is 0.0181. The van der Waals surface area contributed by atoms with E-state index in [9.17, 15) is 10.1 Å². The van der Waals surface area contributed by atoms with Crippen LogP contribution < -0.4 is 5.73 Å². The highest BCUT2D eigenvalue weighted by Crippen LogP contribution is 2.11. The normalized spacial score (nSPS) is 12.4. The number of hydrogen-bond donors (Lipinski definition) is 1. The van der Waals surface area contributed by atoms with Gasteiger partial charge in [0.05, 0.1) is 4.92 Å². The van der Waals surface area contributed by atoms with Gasteiger partial charge in [-0.25, -0.2) is 0 Å². The van der Waals surface area contributed by atoms with E-state index in [0.29, 0.717) is 12.1 Å². The fraction of sp³-hybridized carbons (Fsp3) is 0.444. The lowest BCUT2D eigenvalue weighted by Crippen LogP contribution is -2.21. The van der Waals surface area contributed by atoms with E-state index in [1.807, 2.05) is 6.92 Å². The third kappa shape index (κ3) is 2.77. The molecule has 0 radical (unpaired) electrons. The van der Waals surface area contributed by atoms with Crippen LogP contribution in [0, 0.1) is 10.1 Å². The van der Waals surface area contributed by atoms with Crippen LogP contribution in [0.1, 0.15) is 19.0 Å². The van der Waals surface area contributed by atoms with Crippen LogP contribution in [0.15, 0.2) is 18.3 Å². The van der Waals surface area contributed by atoms with Gasteiger partial charge in [-0.2, -0.15) is 0 Å². The number of nitro groups is 1. The van der Waals surface area contributed by atoms with Crippen LogP contribution >= 0.6 is 0 Å². The number of hydrogen-bond acceptors (Lipinski definition) is 4. The zero-order valence-electron chi connectivity index (χ0n) is 8.01. The second kappa shape index (κ2) is 4.66.